The number of Topliss-reactive ketones (excluding diaryl/α,β-unsaturated/α-hetero) is 2. The number of nitrogens with zero attached hydrogens (tertiary/aromatic N) is 1. The molecule has 0 spiro atoms. The Labute approximate surface area is 263 Å². The maximum Gasteiger partial charge on any atom is 0.410 e. The summed E-state index contributed by atoms with van der Waals surface area (Å²) in [6, 6.07) is 18.2. The molecule has 242 valence electrons. The lowest BCUT2D eigenvalue weighted by Crippen LogP contribution is -2.43. The van der Waals surface area contributed by atoms with Gasteiger partial charge in [0.2, 0.25) is 0 Å². The third kappa shape index (κ3) is 12.1. The molecule has 0 aromatic heterocycles. The lowest BCUT2D eigenvalue weighted by molar-refractivity contribution is -0.126. The zero-order valence-corrected chi connectivity index (χ0v) is 27.7. The molecule has 1 fully saturated rings. The van der Waals surface area contributed by atoms with Crippen LogP contribution in [-0.4, -0.2) is 47.3 Å². The van der Waals surface area contributed by atoms with Gasteiger partial charge in [0.1, 0.15) is 13.2 Å². The van der Waals surface area contributed by atoms with E-state index >= 15 is 0 Å². The Morgan fingerprint density at radius 3 is 1.75 bits per heavy atom. The molecule has 1 aliphatic heterocycles. The molecule has 1 N–H and O–H groups in total. The van der Waals surface area contributed by atoms with Crippen molar-refractivity contribution in [1.29, 1.82) is 0 Å². The summed E-state index contributed by atoms with van der Waals surface area (Å²) in [6.07, 6.45) is 0.446. The van der Waals surface area contributed by atoms with Gasteiger partial charge in [-0.15, -0.1) is 0 Å². The second-order valence-corrected chi connectivity index (χ2v) is 13.0. The molecule has 8 nitrogen and oxygen atoms in total. The number of carbonyl (C=O) groups excluding carboxylic acids is 4. The molecule has 44 heavy (non-hydrogen) atoms. The van der Waals surface area contributed by atoms with E-state index in [-0.39, 0.29) is 48.8 Å². The van der Waals surface area contributed by atoms with E-state index in [2.05, 4.69) is 19.2 Å². The molecule has 1 saturated heterocycles. The van der Waals surface area contributed by atoms with Crippen LogP contribution in [0.1, 0.15) is 79.4 Å². The van der Waals surface area contributed by atoms with E-state index in [1.807, 2.05) is 102 Å². The predicted molar refractivity (Wildman–Crippen MR) is 173 cm³/mol. The molecule has 1 aliphatic rings. The van der Waals surface area contributed by atoms with Gasteiger partial charge in [-0.05, 0) is 41.7 Å². The highest BCUT2D eigenvalue weighted by molar-refractivity contribution is 5.89. The van der Waals surface area contributed by atoms with Gasteiger partial charge < -0.3 is 14.8 Å². The molecular formula is C36H52N2O6. The fourth-order valence-electron chi connectivity index (χ4n) is 5.04. The minimum Gasteiger partial charge on any atom is -0.445 e. The van der Waals surface area contributed by atoms with Crippen molar-refractivity contribution in [2.24, 2.45) is 29.6 Å². The smallest absolute Gasteiger partial charge is 0.410 e. The first-order chi connectivity index (χ1) is 20.8. The number of ketones is 2. The number of nitrogens with one attached hydrogen (secondary N) is 1. The zero-order valence-electron chi connectivity index (χ0n) is 27.7. The minimum absolute atomic E-state index is 0.0420. The van der Waals surface area contributed by atoms with Crippen molar-refractivity contribution in [3.8, 4) is 0 Å². The van der Waals surface area contributed by atoms with Crippen LogP contribution in [0, 0.1) is 29.6 Å². The van der Waals surface area contributed by atoms with E-state index in [1.54, 1.807) is 4.90 Å². The van der Waals surface area contributed by atoms with Gasteiger partial charge in [0, 0.05) is 18.4 Å². The summed E-state index contributed by atoms with van der Waals surface area (Å²) in [5, 5.41) is 2.69. The fraction of sp³-hybridized carbons (Fsp3) is 0.556. The van der Waals surface area contributed by atoms with Gasteiger partial charge in [-0.1, -0.05) is 116 Å². The molecule has 0 saturated carbocycles. The van der Waals surface area contributed by atoms with Crippen LogP contribution in [0.25, 0.3) is 0 Å². The van der Waals surface area contributed by atoms with Gasteiger partial charge in [0.15, 0.2) is 11.6 Å². The summed E-state index contributed by atoms with van der Waals surface area (Å²) in [5.41, 5.74) is 1.87. The Morgan fingerprint density at radius 2 is 1.30 bits per heavy atom. The SMILES string of the molecule is CC(C)C(=O)[C@@H]1C[C@@H](C(C)C)CN1C(=O)OCc1ccccc1.CC(C)C[C@H](NC(=O)OCc1ccccc1)C(=O)C(C)C. The van der Waals surface area contributed by atoms with Crippen LogP contribution in [0.2, 0.25) is 0 Å². The minimum atomic E-state index is -0.543. The molecule has 1 heterocycles. The van der Waals surface area contributed by atoms with Gasteiger partial charge in [-0.2, -0.15) is 0 Å². The van der Waals surface area contributed by atoms with Crippen molar-refractivity contribution >= 4 is 23.8 Å². The van der Waals surface area contributed by atoms with Gasteiger partial charge in [-0.3, -0.25) is 14.5 Å². The van der Waals surface area contributed by atoms with Gasteiger partial charge >= 0.3 is 12.2 Å². The monoisotopic (exact) mass is 608 g/mol. The van der Waals surface area contributed by atoms with Crippen molar-refractivity contribution < 1.29 is 28.7 Å². The van der Waals surface area contributed by atoms with Crippen LogP contribution in [0.5, 0.6) is 0 Å². The topological polar surface area (TPSA) is 102 Å². The van der Waals surface area contributed by atoms with Crippen molar-refractivity contribution in [2.75, 3.05) is 6.54 Å². The molecule has 0 radical (unpaired) electrons. The Hall–Kier alpha value is -3.68. The zero-order chi connectivity index (χ0) is 32.8. The normalized spacial score (nSPS) is 16.9. The highest BCUT2D eigenvalue weighted by Gasteiger charge is 2.41. The molecule has 2 amide bonds. The van der Waals surface area contributed by atoms with Crippen LogP contribution in [-0.2, 0) is 32.3 Å². The van der Waals surface area contributed by atoms with Crippen molar-refractivity contribution in [3.63, 3.8) is 0 Å². The molecule has 0 bridgehead atoms. The first-order valence-electron chi connectivity index (χ1n) is 15.8. The molecule has 2 aromatic carbocycles. The summed E-state index contributed by atoms with van der Waals surface area (Å²) in [7, 11) is 0. The molecule has 2 aromatic rings. The average Bonchev–Trinajstić information content (AvgIpc) is 3.45. The van der Waals surface area contributed by atoms with Crippen molar-refractivity contribution in [1.82, 2.24) is 10.2 Å². The fourth-order valence-corrected chi connectivity index (χ4v) is 5.04. The molecule has 0 unspecified atom stereocenters. The van der Waals surface area contributed by atoms with E-state index < -0.39 is 12.1 Å². The summed E-state index contributed by atoms with van der Waals surface area (Å²) >= 11 is 0. The van der Waals surface area contributed by atoms with Gasteiger partial charge in [0.25, 0.3) is 0 Å². The molecular weight excluding hydrogens is 556 g/mol. The van der Waals surface area contributed by atoms with Crippen LogP contribution in [0.15, 0.2) is 60.7 Å². The molecule has 3 atom stereocenters. The largest absolute Gasteiger partial charge is 0.445 e. The van der Waals surface area contributed by atoms with Crippen molar-refractivity contribution in [3.05, 3.63) is 71.8 Å². The van der Waals surface area contributed by atoms with Crippen LogP contribution < -0.4 is 5.32 Å². The number of hydrogen-bond acceptors (Lipinski definition) is 6. The predicted octanol–water partition coefficient (Wildman–Crippen LogP) is 7.45. The summed E-state index contributed by atoms with van der Waals surface area (Å²) < 4.78 is 10.6. The lowest BCUT2D eigenvalue weighted by atomic mass is 9.90. The highest BCUT2D eigenvalue weighted by Crippen LogP contribution is 2.31. The molecule has 8 heteroatoms. The number of carbonyl (C=O) groups is 4. The van der Waals surface area contributed by atoms with Crippen LogP contribution >= 0.6 is 0 Å². The molecule has 3 rings (SSSR count). The van der Waals surface area contributed by atoms with E-state index in [0.717, 1.165) is 17.5 Å². The van der Waals surface area contributed by atoms with Crippen LogP contribution in [0.4, 0.5) is 9.59 Å². The standard InChI is InChI=1S/C19H27NO3.C17H25NO3/c1-13(2)16-10-17(18(21)14(3)4)20(11-16)19(22)23-12-15-8-6-5-7-9-15;1-12(2)10-15(16(19)13(3)4)18-17(20)21-11-14-8-6-5-7-9-14/h5-9,13-14,16-17H,10-12H2,1-4H3;5-9,12-13,15H,10-11H2,1-4H3,(H,18,20)/t16-,17+;15-/m10/s1. The van der Waals surface area contributed by atoms with E-state index in [1.165, 1.54) is 0 Å². The quantitative estimate of drug-likeness (QED) is 0.269. The first-order valence-corrected chi connectivity index (χ1v) is 15.8. The van der Waals surface area contributed by atoms with Gasteiger partial charge in [-0.25, -0.2) is 9.59 Å². The summed E-state index contributed by atoms with van der Waals surface area (Å²) in [4.78, 5) is 50.5. The number of alkyl carbamates (subject to hydrolysis) is 1. The second kappa shape index (κ2) is 18.2. The van der Waals surface area contributed by atoms with E-state index in [9.17, 15) is 19.2 Å². The average molecular weight is 609 g/mol. The molecule has 0 aliphatic carbocycles. The summed E-state index contributed by atoms with van der Waals surface area (Å²) in [5.74, 6) is 1.12. The Balaban J connectivity index is 0.000000308. The number of ether oxygens (including phenoxy) is 2. The lowest BCUT2D eigenvalue weighted by Gasteiger charge is -2.24. The van der Waals surface area contributed by atoms with E-state index in [4.69, 9.17) is 9.47 Å². The Morgan fingerprint density at radius 1 is 0.773 bits per heavy atom. The number of benzene rings is 2. The van der Waals surface area contributed by atoms with Crippen LogP contribution in [0.3, 0.4) is 0 Å². The van der Waals surface area contributed by atoms with E-state index in [0.29, 0.717) is 30.7 Å². The Kier molecular flexibility index (Phi) is 15.1. The van der Waals surface area contributed by atoms with Crippen molar-refractivity contribution in [2.45, 2.75) is 93.5 Å². The number of likely N-dealkylation sites (tertiary alicyclic amines) is 1. The third-order valence-electron chi connectivity index (χ3n) is 7.74. The first kappa shape index (κ1) is 36.5. The Bertz CT molecular complexity index is 1180. The maximum absolute atomic E-state index is 12.5. The summed E-state index contributed by atoms with van der Waals surface area (Å²) in [6.45, 7) is 16.8. The third-order valence-corrected chi connectivity index (χ3v) is 7.74. The second-order valence-electron chi connectivity index (χ2n) is 13.0. The number of hydrogen-bond donors (Lipinski definition) is 1. The number of rotatable bonds is 12. The number of amides is 2. The highest BCUT2D eigenvalue weighted by atomic mass is 16.6. The van der Waals surface area contributed by atoms with Gasteiger partial charge in [0.05, 0.1) is 12.1 Å². The maximum atomic E-state index is 12.5.